The monoisotopic (exact) mass is 479 g/mol. The van der Waals surface area contributed by atoms with E-state index in [0.29, 0.717) is 12.3 Å². The number of benzene rings is 3. The second-order valence-electron chi connectivity index (χ2n) is 8.41. The maximum atomic E-state index is 11.1. The molecule has 7 heteroatoms. The van der Waals surface area contributed by atoms with Gasteiger partial charge in [0.25, 0.3) is 0 Å². The third-order valence-corrected chi connectivity index (χ3v) is 7.23. The molecular weight excluding hydrogens is 450 g/mol. The van der Waals surface area contributed by atoms with E-state index < -0.39 is 12.3 Å². The van der Waals surface area contributed by atoms with E-state index in [0.717, 1.165) is 27.1 Å². The van der Waals surface area contributed by atoms with Gasteiger partial charge in [-0.3, -0.25) is 0 Å². The Morgan fingerprint density at radius 1 is 0.912 bits per heavy atom. The van der Waals surface area contributed by atoms with Crippen molar-refractivity contribution in [3.63, 3.8) is 0 Å². The number of rotatable bonds is 8. The highest BCUT2D eigenvalue weighted by Crippen LogP contribution is 2.43. The molecule has 178 valence electrons. The van der Waals surface area contributed by atoms with Gasteiger partial charge in [-0.1, -0.05) is 55.5 Å². The first-order valence-corrected chi connectivity index (χ1v) is 12.2. The second kappa shape index (κ2) is 11.2. The van der Waals surface area contributed by atoms with Crippen LogP contribution in [0.4, 0.5) is 0 Å². The number of aromatic carboxylic acids is 1. The summed E-state index contributed by atoms with van der Waals surface area (Å²) in [6.07, 6.45) is -0.800. The molecule has 34 heavy (non-hydrogen) atoms. The highest BCUT2D eigenvalue weighted by atomic mass is 32.2. The quantitative estimate of drug-likeness (QED) is 0.394. The molecule has 0 saturated carbocycles. The molecule has 0 amide bonds. The molecule has 6 nitrogen and oxygen atoms in total. The average Bonchev–Trinajstić information content (AvgIpc) is 2.88. The van der Waals surface area contributed by atoms with E-state index in [-0.39, 0.29) is 30.3 Å². The largest absolute Gasteiger partial charge is 0.478 e. The van der Waals surface area contributed by atoms with E-state index in [1.807, 2.05) is 60.7 Å². The van der Waals surface area contributed by atoms with Gasteiger partial charge in [-0.2, -0.15) is 0 Å². The third-order valence-electron chi connectivity index (χ3n) is 6.13. The maximum Gasteiger partial charge on any atom is 0.335 e. The molecule has 1 saturated heterocycles. The van der Waals surface area contributed by atoms with E-state index in [2.05, 4.69) is 6.92 Å². The number of carboxylic acid groups (broad SMARTS) is 1. The van der Waals surface area contributed by atoms with Crippen LogP contribution in [0.5, 0.6) is 0 Å². The Morgan fingerprint density at radius 3 is 2.12 bits per heavy atom. The lowest BCUT2D eigenvalue weighted by atomic mass is 9.91. The molecule has 0 bridgehead atoms. The normalized spacial score (nSPS) is 22.4. The lowest BCUT2D eigenvalue weighted by Gasteiger charge is -2.41. The van der Waals surface area contributed by atoms with E-state index >= 15 is 0 Å². The Balaban J connectivity index is 1.55. The summed E-state index contributed by atoms with van der Waals surface area (Å²) in [5.41, 5.74) is 9.89. The van der Waals surface area contributed by atoms with Crippen LogP contribution in [0, 0.1) is 5.92 Å². The molecule has 0 aliphatic carbocycles. The van der Waals surface area contributed by atoms with Crippen molar-refractivity contribution in [2.45, 2.75) is 43.5 Å². The maximum absolute atomic E-state index is 11.1. The number of aliphatic hydroxyl groups is 1. The second-order valence-corrected chi connectivity index (χ2v) is 9.50. The molecule has 0 radical (unpaired) electrons. The van der Waals surface area contributed by atoms with Crippen molar-refractivity contribution in [3.05, 3.63) is 101 Å². The Bertz CT molecular complexity index is 1090. The summed E-state index contributed by atoms with van der Waals surface area (Å²) in [6.45, 7) is 2.60. The van der Waals surface area contributed by atoms with Gasteiger partial charge in [-0.15, -0.1) is 11.8 Å². The average molecular weight is 480 g/mol. The predicted octanol–water partition coefficient (Wildman–Crippen LogP) is 4.92. The van der Waals surface area contributed by atoms with E-state index in [4.69, 9.17) is 20.3 Å². The van der Waals surface area contributed by atoms with Gasteiger partial charge in [0.05, 0.1) is 24.4 Å². The van der Waals surface area contributed by atoms with Gasteiger partial charge in [0.2, 0.25) is 0 Å². The van der Waals surface area contributed by atoms with E-state index in [9.17, 15) is 9.90 Å². The van der Waals surface area contributed by atoms with E-state index in [1.165, 1.54) is 0 Å². The van der Waals surface area contributed by atoms with Crippen molar-refractivity contribution < 1.29 is 24.5 Å². The summed E-state index contributed by atoms with van der Waals surface area (Å²) in [7, 11) is 0. The Morgan fingerprint density at radius 2 is 1.53 bits per heavy atom. The smallest absolute Gasteiger partial charge is 0.335 e. The van der Waals surface area contributed by atoms with Gasteiger partial charge >= 0.3 is 5.97 Å². The van der Waals surface area contributed by atoms with Crippen molar-refractivity contribution in [1.82, 2.24) is 0 Å². The molecule has 4 atom stereocenters. The van der Waals surface area contributed by atoms with Crippen LogP contribution in [0.2, 0.25) is 0 Å². The first-order chi connectivity index (χ1) is 16.5. The SMILES string of the molecule is CC1C(CSc2ccc(C(=O)O)cc2)OC(c2ccc(CN)cc2)OC1c1ccc(CO)cc1. The number of aliphatic hydroxyl groups excluding tert-OH is 1. The lowest BCUT2D eigenvalue weighted by Crippen LogP contribution is -2.38. The minimum Gasteiger partial charge on any atom is -0.478 e. The number of carboxylic acids is 1. The minimum atomic E-state index is -0.934. The zero-order valence-corrected chi connectivity index (χ0v) is 19.8. The number of carbonyl (C=O) groups is 1. The Labute approximate surface area is 203 Å². The Hall–Kier alpha value is -2.68. The molecule has 0 spiro atoms. The summed E-state index contributed by atoms with van der Waals surface area (Å²) in [4.78, 5) is 12.1. The van der Waals surface area contributed by atoms with Crippen LogP contribution in [0.3, 0.4) is 0 Å². The number of hydrogen-bond donors (Lipinski definition) is 3. The first-order valence-electron chi connectivity index (χ1n) is 11.2. The standard InChI is InChI=1S/C27H29NO5S/c1-17-24(16-34-23-12-10-21(11-13-23)26(30)31)32-27(22-8-2-18(14-28)3-9-22)33-25(17)20-6-4-19(15-29)5-7-20/h2-13,17,24-25,27,29H,14-16,28H2,1H3,(H,30,31). The zero-order chi connectivity index (χ0) is 24.1. The summed E-state index contributed by atoms with van der Waals surface area (Å²) in [6, 6.07) is 22.7. The van der Waals surface area contributed by atoms with Gasteiger partial charge < -0.3 is 25.4 Å². The summed E-state index contributed by atoms with van der Waals surface area (Å²) < 4.78 is 12.9. The molecule has 4 N–H and O–H groups in total. The molecule has 3 aromatic rings. The lowest BCUT2D eigenvalue weighted by molar-refractivity contribution is -0.268. The van der Waals surface area contributed by atoms with Crippen LogP contribution in [-0.2, 0) is 22.6 Å². The molecule has 1 heterocycles. The third kappa shape index (κ3) is 5.68. The van der Waals surface area contributed by atoms with Crippen LogP contribution < -0.4 is 5.73 Å². The molecule has 1 aliphatic heterocycles. The van der Waals surface area contributed by atoms with Crippen LogP contribution in [0.1, 0.15) is 51.9 Å². The molecule has 4 rings (SSSR count). The van der Waals surface area contributed by atoms with Crippen LogP contribution >= 0.6 is 11.8 Å². The van der Waals surface area contributed by atoms with Crippen molar-refractivity contribution in [2.24, 2.45) is 11.7 Å². The van der Waals surface area contributed by atoms with Crippen molar-refractivity contribution in [3.8, 4) is 0 Å². The van der Waals surface area contributed by atoms with Gasteiger partial charge in [-0.05, 0) is 41.0 Å². The van der Waals surface area contributed by atoms with Gasteiger partial charge in [0.15, 0.2) is 6.29 Å². The molecule has 1 aliphatic rings. The molecular formula is C27H29NO5S. The molecule has 0 aromatic heterocycles. The number of ether oxygens (including phenoxy) is 2. The highest BCUT2D eigenvalue weighted by molar-refractivity contribution is 7.99. The van der Waals surface area contributed by atoms with Gasteiger partial charge in [0.1, 0.15) is 0 Å². The number of thioether (sulfide) groups is 1. The van der Waals surface area contributed by atoms with Gasteiger partial charge in [0, 0.05) is 28.7 Å². The zero-order valence-electron chi connectivity index (χ0n) is 19.0. The number of hydrogen-bond acceptors (Lipinski definition) is 6. The van der Waals surface area contributed by atoms with Crippen LogP contribution in [0.25, 0.3) is 0 Å². The predicted molar refractivity (Wildman–Crippen MR) is 131 cm³/mol. The summed E-state index contributed by atoms with van der Waals surface area (Å²) in [5, 5.41) is 18.5. The van der Waals surface area contributed by atoms with Crippen LogP contribution in [-0.4, -0.2) is 28.0 Å². The van der Waals surface area contributed by atoms with Crippen molar-refractivity contribution >= 4 is 17.7 Å². The van der Waals surface area contributed by atoms with Crippen molar-refractivity contribution in [2.75, 3.05) is 5.75 Å². The highest BCUT2D eigenvalue weighted by Gasteiger charge is 2.38. The topological polar surface area (TPSA) is 102 Å². The molecule has 3 aromatic carbocycles. The van der Waals surface area contributed by atoms with Crippen LogP contribution in [0.15, 0.2) is 77.7 Å². The fraction of sp³-hybridized carbons (Fsp3) is 0.296. The molecule has 4 unspecified atom stereocenters. The summed E-state index contributed by atoms with van der Waals surface area (Å²) >= 11 is 1.63. The first kappa shape index (κ1) is 24.4. The summed E-state index contributed by atoms with van der Waals surface area (Å²) in [5.74, 6) is -0.165. The fourth-order valence-corrected chi connectivity index (χ4v) is 5.06. The van der Waals surface area contributed by atoms with Crippen molar-refractivity contribution in [1.29, 1.82) is 0 Å². The Kier molecular flexibility index (Phi) is 8.03. The van der Waals surface area contributed by atoms with Gasteiger partial charge in [-0.25, -0.2) is 4.79 Å². The van der Waals surface area contributed by atoms with E-state index in [1.54, 1.807) is 23.9 Å². The number of nitrogens with two attached hydrogens (primary N) is 1. The minimum absolute atomic E-state index is 0.000514. The fourth-order valence-electron chi connectivity index (χ4n) is 3.99. The molecule has 1 fully saturated rings.